The van der Waals surface area contributed by atoms with Crippen LogP contribution in [0.4, 0.5) is 9.18 Å². The van der Waals surface area contributed by atoms with E-state index in [1.54, 1.807) is 12.1 Å². The lowest BCUT2D eigenvalue weighted by atomic mass is 9.88. The average Bonchev–Trinajstić information content (AvgIpc) is 3.07. The van der Waals surface area contributed by atoms with Crippen LogP contribution >= 0.6 is 0 Å². The van der Waals surface area contributed by atoms with E-state index in [0.29, 0.717) is 19.6 Å². The number of urea groups is 1. The summed E-state index contributed by atoms with van der Waals surface area (Å²) in [4.78, 5) is 16.9. The molecule has 0 spiro atoms. The van der Waals surface area contributed by atoms with Crippen molar-refractivity contribution < 1.29 is 9.18 Å². The summed E-state index contributed by atoms with van der Waals surface area (Å²) in [5.74, 6) is -0.267. The molecule has 0 aromatic heterocycles. The molecule has 0 radical (unpaired) electrons. The van der Waals surface area contributed by atoms with Crippen LogP contribution < -0.4 is 5.73 Å². The first-order chi connectivity index (χ1) is 12.1. The number of nitrogens with two attached hydrogens (primary N) is 1. The van der Waals surface area contributed by atoms with Gasteiger partial charge in [-0.2, -0.15) is 0 Å². The molecule has 4 nitrogen and oxygen atoms in total. The SMILES string of the molecule is N[C@H]1CCN(C(=O)N2CCc3ccccc3[C@@H]2c2ccc(F)cc2)C1. The van der Waals surface area contributed by atoms with Crippen LogP contribution in [0.5, 0.6) is 0 Å². The summed E-state index contributed by atoms with van der Waals surface area (Å²) in [5, 5.41) is 0. The highest BCUT2D eigenvalue weighted by Gasteiger charge is 2.36. The number of amides is 2. The summed E-state index contributed by atoms with van der Waals surface area (Å²) in [6, 6.07) is 14.6. The molecule has 1 fully saturated rings. The molecular formula is C20H22FN3O. The van der Waals surface area contributed by atoms with Crippen LogP contribution in [0.3, 0.4) is 0 Å². The molecule has 4 rings (SSSR count). The number of hydrogen-bond donors (Lipinski definition) is 1. The predicted octanol–water partition coefficient (Wildman–Crippen LogP) is 2.93. The van der Waals surface area contributed by atoms with Crippen molar-refractivity contribution in [2.75, 3.05) is 19.6 Å². The van der Waals surface area contributed by atoms with Crippen molar-refractivity contribution in [3.63, 3.8) is 0 Å². The molecule has 2 aromatic rings. The number of carbonyl (C=O) groups excluding carboxylic acids is 1. The van der Waals surface area contributed by atoms with E-state index in [-0.39, 0.29) is 23.9 Å². The van der Waals surface area contributed by atoms with Gasteiger partial charge in [-0.1, -0.05) is 36.4 Å². The van der Waals surface area contributed by atoms with Crippen LogP contribution in [0, 0.1) is 5.82 Å². The number of nitrogens with zero attached hydrogens (tertiary/aromatic N) is 2. The van der Waals surface area contributed by atoms with Gasteiger partial charge in [0.1, 0.15) is 5.82 Å². The Morgan fingerprint density at radius 1 is 1.08 bits per heavy atom. The maximum Gasteiger partial charge on any atom is 0.320 e. The zero-order valence-corrected chi connectivity index (χ0v) is 14.1. The summed E-state index contributed by atoms with van der Waals surface area (Å²) >= 11 is 0. The van der Waals surface area contributed by atoms with Gasteiger partial charge in [0.05, 0.1) is 6.04 Å². The van der Waals surface area contributed by atoms with Gasteiger partial charge in [0, 0.05) is 25.7 Å². The molecule has 2 N–H and O–H groups in total. The molecule has 1 saturated heterocycles. The number of benzene rings is 2. The Labute approximate surface area is 147 Å². The van der Waals surface area contributed by atoms with Gasteiger partial charge in [0.25, 0.3) is 0 Å². The molecule has 130 valence electrons. The minimum atomic E-state index is -0.267. The lowest BCUT2D eigenvalue weighted by Gasteiger charge is -2.39. The second kappa shape index (κ2) is 6.48. The maximum absolute atomic E-state index is 13.4. The second-order valence-electron chi connectivity index (χ2n) is 6.87. The molecule has 2 aliphatic rings. The fraction of sp³-hybridized carbons (Fsp3) is 0.350. The Hall–Kier alpha value is -2.40. The molecule has 0 bridgehead atoms. The molecule has 2 aliphatic heterocycles. The number of carbonyl (C=O) groups is 1. The van der Waals surface area contributed by atoms with Crippen LogP contribution in [0.15, 0.2) is 48.5 Å². The fourth-order valence-electron chi connectivity index (χ4n) is 3.92. The topological polar surface area (TPSA) is 49.6 Å². The van der Waals surface area contributed by atoms with Gasteiger partial charge in [0.2, 0.25) is 0 Å². The second-order valence-corrected chi connectivity index (χ2v) is 6.87. The van der Waals surface area contributed by atoms with Gasteiger partial charge in [-0.25, -0.2) is 9.18 Å². The molecule has 2 heterocycles. The van der Waals surface area contributed by atoms with E-state index >= 15 is 0 Å². The molecule has 0 saturated carbocycles. The van der Waals surface area contributed by atoms with Crippen molar-refractivity contribution in [3.8, 4) is 0 Å². The Balaban J connectivity index is 1.72. The molecule has 0 unspecified atom stereocenters. The van der Waals surface area contributed by atoms with E-state index in [2.05, 4.69) is 12.1 Å². The number of likely N-dealkylation sites (tertiary alicyclic amines) is 1. The maximum atomic E-state index is 13.4. The van der Waals surface area contributed by atoms with E-state index in [9.17, 15) is 9.18 Å². The monoisotopic (exact) mass is 339 g/mol. The first-order valence-corrected chi connectivity index (χ1v) is 8.78. The molecule has 2 aromatic carbocycles. The summed E-state index contributed by atoms with van der Waals surface area (Å²) in [6.07, 6.45) is 1.68. The van der Waals surface area contributed by atoms with Crippen LogP contribution in [0.1, 0.15) is 29.2 Å². The number of fused-ring (bicyclic) bond motifs is 1. The number of halogens is 1. The Morgan fingerprint density at radius 2 is 1.84 bits per heavy atom. The van der Waals surface area contributed by atoms with Crippen LogP contribution in [-0.2, 0) is 6.42 Å². The summed E-state index contributed by atoms with van der Waals surface area (Å²) < 4.78 is 13.4. The zero-order valence-electron chi connectivity index (χ0n) is 14.1. The van der Waals surface area contributed by atoms with E-state index in [0.717, 1.165) is 24.0 Å². The van der Waals surface area contributed by atoms with Crippen molar-refractivity contribution in [1.29, 1.82) is 0 Å². The lowest BCUT2D eigenvalue weighted by molar-refractivity contribution is 0.145. The lowest BCUT2D eigenvalue weighted by Crippen LogP contribution is -2.47. The van der Waals surface area contributed by atoms with Crippen molar-refractivity contribution in [3.05, 3.63) is 71.0 Å². The fourth-order valence-corrected chi connectivity index (χ4v) is 3.92. The third kappa shape index (κ3) is 3.00. The highest BCUT2D eigenvalue weighted by Crippen LogP contribution is 2.36. The van der Waals surface area contributed by atoms with Gasteiger partial charge in [-0.3, -0.25) is 0 Å². The minimum absolute atomic E-state index is 0.0248. The van der Waals surface area contributed by atoms with Crippen molar-refractivity contribution in [2.45, 2.75) is 24.9 Å². The number of rotatable bonds is 1. The largest absolute Gasteiger partial charge is 0.326 e. The molecule has 2 amide bonds. The Morgan fingerprint density at radius 3 is 2.56 bits per heavy atom. The van der Waals surface area contributed by atoms with Gasteiger partial charge < -0.3 is 15.5 Å². The minimum Gasteiger partial charge on any atom is -0.326 e. The molecule has 0 aliphatic carbocycles. The summed E-state index contributed by atoms with van der Waals surface area (Å²) in [7, 11) is 0. The molecular weight excluding hydrogens is 317 g/mol. The normalized spacial score (nSPS) is 22.8. The first kappa shape index (κ1) is 16.1. The van der Waals surface area contributed by atoms with Crippen molar-refractivity contribution in [1.82, 2.24) is 9.80 Å². The predicted molar refractivity (Wildman–Crippen MR) is 94.7 cm³/mol. The van der Waals surface area contributed by atoms with Crippen LogP contribution in [0.2, 0.25) is 0 Å². The van der Waals surface area contributed by atoms with Crippen LogP contribution in [-0.4, -0.2) is 41.5 Å². The zero-order chi connectivity index (χ0) is 17.4. The highest BCUT2D eigenvalue weighted by molar-refractivity contribution is 5.76. The van der Waals surface area contributed by atoms with Crippen LogP contribution in [0.25, 0.3) is 0 Å². The Bertz CT molecular complexity index is 777. The third-order valence-electron chi connectivity index (χ3n) is 5.21. The number of hydrogen-bond acceptors (Lipinski definition) is 2. The molecule has 25 heavy (non-hydrogen) atoms. The van der Waals surface area contributed by atoms with E-state index in [1.807, 2.05) is 21.9 Å². The summed E-state index contributed by atoms with van der Waals surface area (Å²) in [6.45, 7) is 1.96. The van der Waals surface area contributed by atoms with Crippen molar-refractivity contribution >= 4 is 6.03 Å². The Kier molecular flexibility index (Phi) is 4.17. The molecule has 2 atom stereocenters. The smallest absolute Gasteiger partial charge is 0.320 e. The average molecular weight is 339 g/mol. The summed E-state index contributed by atoms with van der Waals surface area (Å²) in [5.41, 5.74) is 9.28. The standard InChI is InChI=1S/C20H22FN3O/c21-16-7-5-15(6-8-16)19-18-4-2-1-3-14(18)9-12-24(19)20(25)23-11-10-17(22)13-23/h1-8,17,19H,9-13,22H2/t17-,19-/m0/s1. The molecule has 5 heteroatoms. The van der Waals surface area contributed by atoms with E-state index < -0.39 is 0 Å². The van der Waals surface area contributed by atoms with Gasteiger partial charge in [0.15, 0.2) is 0 Å². The quantitative estimate of drug-likeness (QED) is 0.868. The first-order valence-electron chi connectivity index (χ1n) is 8.78. The third-order valence-corrected chi connectivity index (χ3v) is 5.21. The van der Waals surface area contributed by atoms with E-state index in [1.165, 1.54) is 17.7 Å². The van der Waals surface area contributed by atoms with Gasteiger partial charge >= 0.3 is 6.03 Å². The highest BCUT2D eigenvalue weighted by atomic mass is 19.1. The van der Waals surface area contributed by atoms with Crippen molar-refractivity contribution in [2.24, 2.45) is 5.73 Å². The van der Waals surface area contributed by atoms with Gasteiger partial charge in [-0.15, -0.1) is 0 Å². The van der Waals surface area contributed by atoms with E-state index in [4.69, 9.17) is 5.73 Å². The van der Waals surface area contributed by atoms with Gasteiger partial charge in [-0.05, 0) is 41.7 Å².